The summed E-state index contributed by atoms with van der Waals surface area (Å²) in [4.78, 5) is 22.7. The average molecular weight is 524 g/mol. The Morgan fingerprint density at radius 1 is 1.25 bits per heavy atom. The predicted molar refractivity (Wildman–Crippen MR) is 134 cm³/mol. The fourth-order valence-corrected chi connectivity index (χ4v) is 5.53. The van der Waals surface area contributed by atoms with Gasteiger partial charge in [-0.15, -0.1) is 0 Å². The fourth-order valence-electron chi connectivity index (χ4n) is 4.67. The largest absolute Gasteiger partial charge is 0.444 e. The van der Waals surface area contributed by atoms with Crippen molar-refractivity contribution < 1.29 is 27.4 Å². The number of aliphatic hydroxyl groups is 1. The Bertz CT molecular complexity index is 1230. The molecule has 1 amide bonds. The molecule has 2 N–H and O–H groups in total. The molecule has 0 spiro atoms. The average Bonchev–Trinajstić information content (AvgIpc) is 2.78. The number of β-amino-alcohol motifs (C(OH)–C–C–N with tert-alkyl or cyclic N) is 1. The Kier molecular flexibility index (Phi) is 7.15. The van der Waals surface area contributed by atoms with Crippen LogP contribution in [0.15, 0.2) is 24.5 Å². The van der Waals surface area contributed by atoms with E-state index in [-0.39, 0.29) is 39.0 Å². The van der Waals surface area contributed by atoms with Crippen LogP contribution in [0.3, 0.4) is 0 Å². The molecule has 198 valence electrons. The Balaban J connectivity index is 1.51. The number of aromatic nitrogens is 2. The van der Waals surface area contributed by atoms with Gasteiger partial charge in [-0.25, -0.2) is 22.6 Å². The Hall–Kier alpha value is -2.57. The van der Waals surface area contributed by atoms with Gasteiger partial charge in [0.1, 0.15) is 11.4 Å². The van der Waals surface area contributed by atoms with Gasteiger partial charge in [-0.3, -0.25) is 4.98 Å². The van der Waals surface area contributed by atoms with Gasteiger partial charge in [0.15, 0.2) is 5.67 Å². The molecule has 2 aliphatic heterocycles. The van der Waals surface area contributed by atoms with Gasteiger partial charge < -0.3 is 20.1 Å². The highest BCUT2D eigenvalue weighted by atomic mass is 32.2. The lowest BCUT2D eigenvalue weighted by Crippen LogP contribution is -2.51. The second-order valence-electron chi connectivity index (χ2n) is 10.6. The quantitative estimate of drug-likeness (QED) is 0.627. The third-order valence-electron chi connectivity index (χ3n) is 6.63. The minimum Gasteiger partial charge on any atom is -0.444 e. The molecule has 0 bridgehead atoms. The number of nitrogens with zero attached hydrogens (tertiary/aromatic N) is 4. The Morgan fingerprint density at radius 3 is 2.56 bits per heavy atom. The molecule has 4 heterocycles. The highest BCUT2D eigenvalue weighted by Gasteiger charge is 2.41. The van der Waals surface area contributed by atoms with Crippen molar-refractivity contribution in [3.05, 3.63) is 30.2 Å². The number of amides is 1. The number of rotatable bonds is 4. The van der Waals surface area contributed by atoms with Crippen LogP contribution in [0.1, 0.15) is 45.7 Å². The van der Waals surface area contributed by atoms with Gasteiger partial charge in [-0.05, 0) is 39.3 Å². The number of piperidine rings is 2. The lowest BCUT2D eigenvalue weighted by atomic mass is 9.87. The summed E-state index contributed by atoms with van der Waals surface area (Å²) < 4.78 is 46.5. The summed E-state index contributed by atoms with van der Waals surface area (Å²) in [5.74, 6) is 0.448. The normalized spacial score (nSPS) is 23.4. The van der Waals surface area contributed by atoms with E-state index < -0.39 is 39.5 Å². The first-order valence-electron chi connectivity index (χ1n) is 12.1. The van der Waals surface area contributed by atoms with E-state index in [9.17, 15) is 18.3 Å². The smallest absolute Gasteiger partial charge is 0.410 e. The van der Waals surface area contributed by atoms with Gasteiger partial charge in [0.25, 0.3) is 0 Å². The maximum absolute atomic E-state index is 16.2. The molecule has 0 saturated carbocycles. The minimum atomic E-state index is -3.38. The third kappa shape index (κ3) is 5.87. The van der Waals surface area contributed by atoms with E-state index in [0.29, 0.717) is 23.3 Å². The molecule has 2 atom stereocenters. The summed E-state index contributed by atoms with van der Waals surface area (Å²) in [6.45, 7) is 6.09. The number of alkyl halides is 1. The maximum atomic E-state index is 16.2. The standard InChI is InChI=1S/C24H34FN5O5S/c1-23(2,3)35-22(32)29-11-7-24(25,8-12-29)21-17-13-20(27-14-16(17)5-9-26-21)28-18-6-10-30(15-19(18)31)36(4,33)34/h5,9,13-14,18-19,31H,6-8,10-12,15H2,1-4H3,(H,27,28)/t18-,19-/m1/s1. The van der Waals surface area contributed by atoms with E-state index in [1.165, 1.54) is 9.21 Å². The molecule has 0 aromatic carbocycles. The van der Waals surface area contributed by atoms with Gasteiger partial charge in [0.2, 0.25) is 10.0 Å². The van der Waals surface area contributed by atoms with E-state index in [1.807, 2.05) is 0 Å². The molecule has 2 aromatic rings. The second-order valence-corrected chi connectivity index (χ2v) is 12.6. The summed E-state index contributed by atoms with van der Waals surface area (Å²) in [6, 6.07) is 3.08. The molecule has 36 heavy (non-hydrogen) atoms. The number of aliphatic hydroxyl groups excluding tert-OH is 1. The number of halogens is 1. The molecule has 2 fully saturated rings. The number of anilines is 1. The number of fused-ring (bicyclic) bond motifs is 1. The maximum Gasteiger partial charge on any atom is 0.410 e. The topological polar surface area (TPSA) is 125 Å². The van der Waals surface area contributed by atoms with Gasteiger partial charge >= 0.3 is 6.09 Å². The molecule has 2 saturated heterocycles. The molecule has 2 aliphatic rings. The minimum absolute atomic E-state index is 0.00136. The molecule has 0 aliphatic carbocycles. The fraction of sp³-hybridized carbons (Fsp3) is 0.625. The van der Waals surface area contributed by atoms with Gasteiger partial charge in [-0.1, -0.05) is 0 Å². The molecule has 12 heteroatoms. The van der Waals surface area contributed by atoms with Gasteiger partial charge in [0, 0.05) is 62.2 Å². The van der Waals surface area contributed by atoms with Crippen LogP contribution in [-0.2, 0) is 20.4 Å². The SMILES string of the molecule is CC(C)(C)OC(=O)N1CCC(F)(c2nccc3cnc(N[C@@H]4CCN(S(C)(=O)=O)C[C@H]4O)cc23)CC1. The zero-order valence-electron chi connectivity index (χ0n) is 21.1. The first-order chi connectivity index (χ1) is 16.7. The van der Waals surface area contributed by atoms with Crippen LogP contribution in [0.25, 0.3) is 10.8 Å². The van der Waals surface area contributed by atoms with Gasteiger partial charge in [-0.2, -0.15) is 4.31 Å². The molecule has 4 rings (SSSR count). The van der Waals surface area contributed by atoms with Crippen molar-refractivity contribution in [1.29, 1.82) is 0 Å². The van der Waals surface area contributed by atoms with Crippen LogP contribution >= 0.6 is 0 Å². The van der Waals surface area contributed by atoms with E-state index in [0.717, 1.165) is 11.6 Å². The molecule has 2 aromatic heterocycles. The third-order valence-corrected chi connectivity index (χ3v) is 7.90. The first kappa shape index (κ1) is 26.5. The summed E-state index contributed by atoms with van der Waals surface area (Å²) in [6.07, 6.45) is 3.52. The summed E-state index contributed by atoms with van der Waals surface area (Å²) >= 11 is 0. The number of hydrogen-bond donors (Lipinski definition) is 2. The number of carbonyl (C=O) groups excluding carboxylic acids is 1. The number of pyridine rings is 2. The highest BCUT2D eigenvalue weighted by molar-refractivity contribution is 7.88. The van der Waals surface area contributed by atoms with Crippen molar-refractivity contribution in [1.82, 2.24) is 19.2 Å². The van der Waals surface area contributed by atoms with E-state index >= 15 is 4.39 Å². The summed E-state index contributed by atoms with van der Waals surface area (Å²) in [7, 11) is -3.38. The number of carbonyl (C=O) groups is 1. The van der Waals surface area contributed by atoms with Crippen LogP contribution in [0, 0.1) is 0 Å². The predicted octanol–water partition coefficient (Wildman–Crippen LogP) is 2.63. The number of ether oxygens (including phenoxy) is 1. The van der Waals surface area contributed by atoms with Crippen molar-refractivity contribution in [3.8, 4) is 0 Å². The lowest BCUT2D eigenvalue weighted by molar-refractivity contribution is 0.00162. The number of nitrogens with one attached hydrogen (secondary N) is 1. The zero-order valence-corrected chi connectivity index (χ0v) is 21.9. The number of hydrogen-bond acceptors (Lipinski definition) is 8. The zero-order chi connectivity index (χ0) is 26.3. The molecule has 0 radical (unpaired) electrons. The van der Waals surface area contributed by atoms with E-state index in [1.54, 1.807) is 45.3 Å². The van der Waals surface area contributed by atoms with Crippen LogP contribution < -0.4 is 5.32 Å². The number of likely N-dealkylation sites (tertiary alicyclic amines) is 1. The molecular weight excluding hydrogens is 489 g/mol. The Labute approximate surface area is 210 Å². The van der Waals surface area contributed by atoms with Crippen molar-refractivity contribution in [3.63, 3.8) is 0 Å². The monoisotopic (exact) mass is 523 g/mol. The van der Waals surface area contributed by atoms with E-state index in [4.69, 9.17) is 4.74 Å². The summed E-state index contributed by atoms with van der Waals surface area (Å²) in [5, 5.41) is 15.0. The Morgan fingerprint density at radius 2 is 1.94 bits per heavy atom. The van der Waals surface area contributed by atoms with E-state index in [2.05, 4.69) is 15.3 Å². The van der Waals surface area contributed by atoms with Crippen LogP contribution in [0.2, 0.25) is 0 Å². The molecule has 10 nitrogen and oxygen atoms in total. The van der Waals surface area contributed by atoms with Crippen LogP contribution in [0.4, 0.5) is 15.0 Å². The lowest BCUT2D eigenvalue weighted by Gasteiger charge is -2.37. The van der Waals surface area contributed by atoms with Crippen LogP contribution in [0.5, 0.6) is 0 Å². The second kappa shape index (κ2) is 9.71. The van der Waals surface area contributed by atoms with Gasteiger partial charge in [0.05, 0.1) is 24.1 Å². The number of sulfonamides is 1. The molecule has 0 unspecified atom stereocenters. The van der Waals surface area contributed by atoms with Crippen molar-refractivity contribution >= 4 is 32.7 Å². The first-order valence-corrected chi connectivity index (χ1v) is 13.9. The van der Waals surface area contributed by atoms with Crippen molar-refractivity contribution in [2.75, 3.05) is 37.8 Å². The van der Waals surface area contributed by atoms with Crippen molar-refractivity contribution in [2.24, 2.45) is 0 Å². The van der Waals surface area contributed by atoms with Crippen molar-refractivity contribution in [2.45, 2.75) is 63.4 Å². The van der Waals surface area contributed by atoms with Crippen LogP contribution in [-0.4, -0.2) is 89.0 Å². The highest BCUT2D eigenvalue weighted by Crippen LogP contribution is 2.40. The summed E-state index contributed by atoms with van der Waals surface area (Å²) in [5.41, 5.74) is -2.05. The molecular formula is C24H34FN5O5S.